The zero-order valence-corrected chi connectivity index (χ0v) is 13.2. The van der Waals surface area contributed by atoms with E-state index in [9.17, 15) is 9.59 Å². The van der Waals surface area contributed by atoms with Crippen LogP contribution in [0, 0.1) is 0 Å². The molecule has 1 aliphatic rings. The van der Waals surface area contributed by atoms with Crippen molar-refractivity contribution in [1.82, 2.24) is 5.32 Å². The SMILES string of the molecule is NCc1cc(C(=O)NCCCN2C(=O)COc3ccccc32)co1. The van der Waals surface area contributed by atoms with Crippen LogP contribution >= 0.6 is 0 Å². The van der Waals surface area contributed by atoms with Gasteiger partial charge in [-0.05, 0) is 24.6 Å². The first-order valence-corrected chi connectivity index (χ1v) is 7.77. The van der Waals surface area contributed by atoms with Crippen molar-refractivity contribution in [3.8, 4) is 5.75 Å². The molecule has 7 heteroatoms. The smallest absolute Gasteiger partial charge is 0.265 e. The van der Waals surface area contributed by atoms with Crippen molar-refractivity contribution in [2.45, 2.75) is 13.0 Å². The normalized spacial score (nSPS) is 13.4. The second-order valence-corrected chi connectivity index (χ2v) is 5.42. The predicted molar refractivity (Wildman–Crippen MR) is 87.8 cm³/mol. The van der Waals surface area contributed by atoms with E-state index in [-0.39, 0.29) is 25.0 Å². The number of carbonyl (C=O) groups is 2. The minimum absolute atomic E-state index is 0.0419. The van der Waals surface area contributed by atoms with Crippen LogP contribution in [0.15, 0.2) is 41.0 Å². The Labute approximate surface area is 139 Å². The van der Waals surface area contributed by atoms with E-state index >= 15 is 0 Å². The van der Waals surface area contributed by atoms with Gasteiger partial charge in [-0.25, -0.2) is 0 Å². The van der Waals surface area contributed by atoms with Gasteiger partial charge in [0.1, 0.15) is 17.8 Å². The molecule has 3 rings (SSSR count). The molecule has 24 heavy (non-hydrogen) atoms. The molecule has 0 spiro atoms. The van der Waals surface area contributed by atoms with Crippen LogP contribution in [0.5, 0.6) is 5.75 Å². The highest BCUT2D eigenvalue weighted by molar-refractivity contribution is 5.97. The fraction of sp³-hybridized carbons (Fsp3) is 0.294. The van der Waals surface area contributed by atoms with Crippen molar-refractivity contribution in [3.05, 3.63) is 47.9 Å². The number of benzene rings is 1. The fourth-order valence-corrected chi connectivity index (χ4v) is 2.55. The highest BCUT2D eigenvalue weighted by atomic mass is 16.5. The van der Waals surface area contributed by atoms with Crippen LogP contribution in [-0.4, -0.2) is 31.5 Å². The number of anilines is 1. The molecule has 0 saturated heterocycles. The maximum absolute atomic E-state index is 12.0. The summed E-state index contributed by atoms with van der Waals surface area (Å²) >= 11 is 0. The summed E-state index contributed by atoms with van der Waals surface area (Å²) in [5.41, 5.74) is 6.66. The molecule has 1 aliphatic heterocycles. The highest BCUT2D eigenvalue weighted by Crippen LogP contribution is 2.31. The summed E-state index contributed by atoms with van der Waals surface area (Å²) in [4.78, 5) is 25.7. The number of hydrogen-bond acceptors (Lipinski definition) is 5. The van der Waals surface area contributed by atoms with E-state index in [0.29, 0.717) is 36.6 Å². The summed E-state index contributed by atoms with van der Waals surface area (Å²) < 4.78 is 10.5. The maximum Gasteiger partial charge on any atom is 0.265 e. The quantitative estimate of drug-likeness (QED) is 0.778. The highest BCUT2D eigenvalue weighted by Gasteiger charge is 2.24. The molecule has 0 aliphatic carbocycles. The van der Waals surface area contributed by atoms with Gasteiger partial charge in [0.2, 0.25) is 0 Å². The third kappa shape index (κ3) is 3.41. The molecule has 2 aromatic rings. The number of ether oxygens (including phenoxy) is 1. The van der Waals surface area contributed by atoms with Gasteiger partial charge < -0.3 is 25.1 Å². The molecular formula is C17H19N3O4. The Hall–Kier alpha value is -2.80. The van der Waals surface area contributed by atoms with Crippen molar-refractivity contribution in [2.24, 2.45) is 5.73 Å². The Morgan fingerprint density at radius 3 is 2.96 bits per heavy atom. The number of carbonyl (C=O) groups excluding carboxylic acids is 2. The molecule has 0 saturated carbocycles. The molecule has 1 aromatic heterocycles. The molecule has 7 nitrogen and oxygen atoms in total. The molecule has 0 atom stereocenters. The number of rotatable bonds is 6. The van der Waals surface area contributed by atoms with Gasteiger partial charge in [0, 0.05) is 13.1 Å². The largest absolute Gasteiger partial charge is 0.482 e. The Morgan fingerprint density at radius 1 is 1.33 bits per heavy atom. The molecule has 2 amide bonds. The van der Waals surface area contributed by atoms with Crippen molar-refractivity contribution < 1.29 is 18.7 Å². The fourth-order valence-electron chi connectivity index (χ4n) is 2.55. The first kappa shape index (κ1) is 16.1. The number of hydrogen-bond donors (Lipinski definition) is 2. The zero-order valence-electron chi connectivity index (χ0n) is 13.2. The topological polar surface area (TPSA) is 97.8 Å². The predicted octanol–water partition coefficient (Wildman–Crippen LogP) is 1.28. The van der Waals surface area contributed by atoms with E-state index < -0.39 is 0 Å². The number of para-hydroxylation sites is 2. The molecule has 0 bridgehead atoms. The molecule has 2 heterocycles. The average molecular weight is 329 g/mol. The summed E-state index contributed by atoms with van der Waals surface area (Å²) in [5.74, 6) is 0.971. The van der Waals surface area contributed by atoms with Crippen LogP contribution in [0.25, 0.3) is 0 Å². The van der Waals surface area contributed by atoms with Gasteiger partial charge in [0.15, 0.2) is 6.61 Å². The molecule has 0 unspecified atom stereocenters. The minimum Gasteiger partial charge on any atom is -0.482 e. The third-order valence-electron chi connectivity index (χ3n) is 3.77. The summed E-state index contributed by atoms with van der Waals surface area (Å²) in [7, 11) is 0. The summed E-state index contributed by atoms with van der Waals surface area (Å²) in [6.45, 7) is 1.26. The lowest BCUT2D eigenvalue weighted by Gasteiger charge is -2.29. The van der Waals surface area contributed by atoms with Crippen molar-refractivity contribution in [2.75, 3.05) is 24.6 Å². The van der Waals surface area contributed by atoms with Gasteiger partial charge >= 0.3 is 0 Å². The molecule has 1 aromatic carbocycles. The lowest BCUT2D eigenvalue weighted by atomic mass is 10.2. The van der Waals surface area contributed by atoms with Crippen LogP contribution < -0.4 is 20.7 Å². The van der Waals surface area contributed by atoms with E-state index in [2.05, 4.69) is 5.32 Å². The van der Waals surface area contributed by atoms with Crippen LogP contribution in [-0.2, 0) is 11.3 Å². The second kappa shape index (κ2) is 7.18. The number of fused-ring (bicyclic) bond motifs is 1. The summed E-state index contributed by atoms with van der Waals surface area (Å²) in [6.07, 6.45) is 2.02. The van der Waals surface area contributed by atoms with Crippen molar-refractivity contribution in [3.63, 3.8) is 0 Å². The number of amides is 2. The average Bonchev–Trinajstić information content (AvgIpc) is 3.09. The molecule has 126 valence electrons. The number of nitrogens with two attached hydrogens (primary N) is 1. The number of nitrogens with one attached hydrogen (secondary N) is 1. The Morgan fingerprint density at radius 2 is 2.17 bits per heavy atom. The molecule has 0 fully saturated rings. The number of nitrogens with zero attached hydrogens (tertiary/aromatic N) is 1. The summed E-state index contributed by atoms with van der Waals surface area (Å²) in [6, 6.07) is 9.05. The van der Waals surface area contributed by atoms with E-state index in [0.717, 1.165) is 5.69 Å². The zero-order chi connectivity index (χ0) is 16.9. The number of furan rings is 1. The van der Waals surface area contributed by atoms with Gasteiger partial charge in [0.25, 0.3) is 11.8 Å². The third-order valence-corrected chi connectivity index (χ3v) is 3.77. The van der Waals surface area contributed by atoms with Gasteiger partial charge in [-0.3, -0.25) is 9.59 Å². The van der Waals surface area contributed by atoms with E-state index in [1.807, 2.05) is 24.3 Å². The van der Waals surface area contributed by atoms with Crippen LogP contribution in [0.1, 0.15) is 22.5 Å². The van der Waals surface area contributed by atoms with Crippen molar-refractivity contribution in [1.29, 1.82) is 0 Å². The van der Waals surface area contributed by atoms with Gasteiger partial charge in [0.05, 0.1) is 17.8 Å². The first-order valence-electron chi connectivity index (χ1n) is 7.77. The van der Waals surface area contributed by atoms with Gasteiger partial charge in [-0.15, -0.1) is 0 Å². The Kier molecular flexibility index (Phi) is 4.81. The van der Waals surface area contributed by atoms with Crippen LogP contribution in [0.2, 0.25) is 0 Å². The van der Waals surface area contributed by atoms with Gasteiger partial charge in [-0.2, -0.15) is 0 Å². The Bertz CT molecular complexity index is 741. The lowest BCUT2D eigenvalue weighted by molar-refractivity contribution is -0.121. The lowest BCUT2D eigenvalue weighted by Crippen LogP contribution is -2.40. The van der Waals surface area contributed by atoms with E-state index in [1.54, 1.807) is 11.0 Å². The molecular weight excluding hydrogens is 310 g/mol. The standard InChI is InChI=1S/C17H19N3O4/c18-9-13-8-12(10-23-13)17(22)19-6-3-7-20-14-4-1-2-5-15(14)24-11-16(20)21/h1-2,4-5,8,10H,3,6-7,9,11,18H2,(H,19,22). The van der Waals surface area contributed by atoms with E-state index in [4.69, 9.17) is 14.9 Å². The monoisotopic (exact) mass is 329 g/mol. The summed E-state index contributed by atoms with van der Waals surface area (Å²) in [5, 5.41) is 2.81. The Balaban J connectivity index is 1.51. The maximum atomic E-state index is 12.0. The second-order valence-electron chi connectivity index (χ2n) is 5.42. The molecule has 3 N–H and O–H groups in total. The van der Waals surface area contributed by atoms with Crippen LogP contribution in [0.3, 0.4) is 0 Å². The first-order chi connectivity index (χ1) is 11.7. The minimum atomic E-state index is -0.216. The van der Waals surface area contributed by atoms with Gasteiger partial charge in [-0.1, -0.05) is 12.1 Å². The van der Waals surface area contributed by atoms with Crippen LogP contribution in [0.4, 0.5) is 5.69 Å². The molecule has 0 radical (unpaired) electrons. The van der Waals surface area contributed by atoms with E-state index in [1.165, 1.54) is 6.26 Å². The van der Waals surface area contributed by atoms with Crippen molar-refractivity contribution >= 4 is 17.5 Å².